The maximum atomic E-state index is 12.5. The van der Waals surface area contributed by atoms with Gasteiger partial charge in [-0.25, -0.2) is 4.99 Å². The van der Waals surface area contributed by atoms with E-state index >= 15 is 0 Å². The highest BCUT2D eigenvalue weighted by molar-refractivity contribution is 5.82. The minimum absolute atomic E-state index is 0.146. The van der Waals surface area contributed by atoms with Crippen molar-refractivity contribution in [3.63, 3.8) is 0 Å². The molecule has 2 fully saturated rings. The highest BCUT2D eigenvalue weighted by Crippen LogP contribution is 2.16. The Kier molecular flexibility index (Phi) is 6.44. The third kappa shape index (κ3) is 4.72. The molecule has 1 N–H and O–H groups in total. The van der Waals surface area contributed by atoms with Crippen molar-refractivity contribution in [3.8, 4) is 0 Å². The largest absolute Gasteiger partial charge is 0.368 e. The number of amides is 1. The van der Waals surface area contributed by atoms with Crippen LogP contribution in [0, 0.1) is 6.92 Å². The fraction of sp³-hybridized carbons (Fsp3) is 0.632. The molecule has 2 aliphatic rings. The first-order chi connectivity index (χ1) is 12.7. The third-order valence-corrected chi connectivity index (χ3v) is 4.77. The maximum absolute atomic E-state index is 12.5. The summed E-state index contributed by atoms with van der Waals surface area (Å²) in [5.74, 6) is 1.04. The fourth-order valence-electron chi connectivity index (χ4n) is 3.38. The molecule has 26 heavy (non-hydrogen) atoms. The van der Waals surface area contributed by atoms with Crippen LogP contribution in [0.1, 0.15) is 31.2 Å². The SMILES string of the molecule is CCNC(=NCc1cccc(C)n1)N1CCN(C(=O)C2CCCO2)CC1. The van der Waals surface area contributed by atoms with Crippen LogP contribution < -0.4 is 5.32 Å². The van der Waals surface area contributed by atoms with Gasteiger partial charge in [0.25, 0.3) is 5.91 Å². The number of aryl methyl sites for hydroxylation is 1. The van der Waals surface area contributed by atoms with E-state index in [-0.39, 0.29) is 12.0 Å². The van der Waals surface area contributed by atoms with Crippen LogP contribution in [0.5, 0.6) is 0 Å². The van der Waals surface area contributed by atoms with Gasteiger partial charge in [0, 0.05) is 45.0 Å². The van der Waals surface area contributed by atoms with Crippen LogP contribution in [0.4, 0.5) is 0 Å². The quantitative estimate of drug-likeness (QED) is 0.646. The molecule has 142 valence electrons. The summed E-state index contributed by atoms with van der Waals surface area (Å²) in [5.41, 5.74) is 1.97. The first-order valence-corrected chi connectivity index (χ1v) is 9.53. The maximum Gasteiger partial charge on any atom is 0.251 e. The third-order valence-electron chi connectivity index (χ3n) is 4.77. The van der Waals surface area contributed by atoms with Crippen LogP contribution in [-0.2, 0) is 16.1 Å². The number of aliphatic imine (C=N–C) groups is 1. The summed E-state index contributed by atoms with van der Waals surface area (Å²) in [6.45, 7) is 9.13. The lowest BCUT2D eigenvalue weighted by Gasteiger charge is -2.37. The van der Waals surface area contributed by atoms with Crippen molar-refractivity contribution in [1.29, 1.82) is 0 Å². The Morgan fingerprint density at radius 3 is 2.73 bits per heavy atom. The van der Waals surface area contributed by atoms with E-state index in [4.69, 9.17) is 9.73 Å². The Balaban J connectivity index is 1.57. The van der Waals surface area contributed by atoms with Crippen molar-refractivity contribution in [2.45, 2.75) is 39.3 Å². The van der Waals surface area contributed by atoms with Crippen LogP contribution in [0.2, 0.25) is 0 Å². The van der Waals surface area contributed by atoms with Gasteiger partial charge in [-0.1, -0.05) is 6.07 Å². The zero-order valence-corrected chi connectivity index (χ0v) is 15.8. The van der Waals surface area contributed by atoms with Crippen LogP contribution in [0.25, 0.3) is 0 Å². The molecule has 0 aliphatic carbocycles. The number of pyridine rings is 1. The van der Waals surface area contributed by atoms with E-state index in [1.807, 2.05) is 30.0 Å². The zero-order valence-electron chi connectivity index (χ0n) is 15.8. The number of hydrogen-bond acceptors (Lipinski definition) is 4. The Bertz CT molecular complexity index is 635. The van der Waals surface area contributed by atoms with Crippen molar-refractivity contribution in [1.82, 2.24) is 20.1 Å². The first-order valence-electron chi connectivity index (χ1n) is 9.53. The summed E-state index contributed by atoms with van der Waals surface area (Å²) < 4.78 is 5.53. The molecule has 1 amide bonds. The Labute approximate surface area is 155 Å². The van der Waals surface area contributed by atoms with Gasteiger partial charge < -0.3 is 19.9 Å². The number of nitrogens with zero attached hydrogens (tertiary/aromatic N) is 4. The fourth-order valence-corrected chi connectivity index (χ4v) is 3.38. The highest BCUT2D eigenvalue weighted by atomic mass is 16.5. The first kappa shape index (κ1) is 18.6. The van der Waals surface area contributed by atoms with Gasteiger partial charge in [0.1, 0.15) is 6.10 Å². The predicted octanol–water partition coefficient (Wildman–Crippen LogP) is 1.18. The lowest BCUT2D eigenvalue weighted by Crippen LogP contribution is -2.55. The molecule has 0 aromatic carbocycles. The Hall–Kier alpha value is -2.15. The number of ether oxygens (including phenoxy) is 1. The van der Waals surface area contributed by atoms with Gasteiger partial charge in [0.15, 0.2) is 5.96 Å². The lowest BCUT2D eigenvalue weighted by molar-refractivity contribution is -0.142. The molecule has 0 radical (unpaired) electrons. The van der Waals surface area contributed by atoms with Crippen molar-refractivity contribution < 1.29 is 9.53 Å². The van der Waals surface area contributed by atoms with Crippen LogP contribution in [0.3, 0.4) is 0 Å². The van der Waals surface area contributed by atoms with Gasteiger partial charge in [-0.2, -0.15) is 0 Å². The summed E-state index contributed by atoms with van der Waals surface area (Å²) >= 11 is 0. The summed E-state index contributed by atoms with van der Waals surface area (Å²) in [7, 11) is 0. The average Bonchev–Trinajstić information content (AvgIpc) is 3.19. The Morgan fingerprint density at radius 1 is 1.31 bits per heavy atom. The van der Waals surface area contributed by atoms with Crippen molar-refractivity contribution >= 4 is 11.9 Å². The predicted molar refractivity (Wildman–Crippen MR) is 101 cm³/mol. The molecule has 1 atom stereocenters. The van der Waals surface area contributed by atoms with Crippen LogP contribution in [-0.4, -0.2) is 72.1 Å². The normalized spacial score (nSPS) is 21.2. The minimum Gasteiger partial charge on any atom is -0.368 e. The van der Waals surface area contributed by atoms with Crippen molar-refractivity contribution in [3.05, 3.63) is 29.6 Å². The zero-order chi connectivity index (χ0) is 18.4. The number of guanidine groups is 1. The number of aromatic nitrogens is 1. The molecule has 1 aromatic heterocycles. The summed E-state index contributed by atoms with van der Waals surface area (Å²) in [5, 5.41) is 3.36. The molecule has 2 saturated heterocycles. The van der Waals surface area contributed by atoms with Gasteiger partial charge in [-0.15, -0.1) is 0 Å². The number of carbonyl (C=O) groups excluding carboxylic acids is 1. The smallest absolute Gasteiger partial charge is 0.251 e. The van der Waals surface area contributed by atoms with E-state index in [0.29, 0.717) is 26.2 Å². The van der Waals surface area contributed by atoms with Gasteiger partial charge in [0.05, 0.1) is 12.2 Å². The second kappa shape index (κ2) is 8.98. The van der Waals surface area contributed by atoms with Gasteiger partial charge >= 0.3 is 0 Å². The minimum atomic E-state index is -0.226. The molecular weight excluding hydrogens is 330 g/mol. The van der Waals surface area contributed by atoms with Crippen molar-refractivity contribution in [2.75, 3.05) is 39.3 Å². The molecule has 0 bridgehead atoms. The summed E-state index contributed by atoms with van der Waals surface area (Å²) in [4.78, 5) is 25.9. The van der Waals surface area contributed by atoms with E-state index in [1.54, 1.807) is 0 Å². The highest BCUT2D eigenvalue weighted by Gasteiger charge is 2.30. The molecule has 7 heteroatoms. The van der Waals surface area contributed by atoms with Gasteiger partial charge in [-0.05, 0) is 38.8 Å². The molecule has 1 unspecified atom stereocenters. The number of hydrogen-bond donors (Lipinski definition) is 1. The number of nitrogens with one attached hydrogen (secondary N) is 1. The number of piperazine rings is 1. The monoisotopic (exact) mass is 359 g/mol. The van der Waals surface area contributed by atoms with Crippen LogP contribution >= 0.6 is 0 Å². The van der Waals surface area contributed by atoms with Gasteiger partial charge in [0.2, 0.25) is 0 Å². The number of carbonyl (C=O) groups is 1. The number of rotatable bonds is 4. The molecule has 7 nitrogen and oxygen atoms in total. The molecular formula is C19H29N5O2. The summed E-state index contributed by atoms with van der Waals surface area (Å²) in [6.07, 6.45) is 1.61. The lowest BCUT2D eigenvalue weighted by atomic mass is 10.2. The second-order valence-corrected chi connectivity index (χ2v) is 6.75. The Morgan fingerprint density at radius 2 is 2.08 bits per heavy atom. The van der Waals surface area contributed by atoms with E-state index in [0.717, 1.165) is 49.8 Å². The second-order valence-electron chi connectivity index (χ2n) is 6.75. The molecule has 0 spiro atoms. The average molecular weight is 359 g/mol. The van der Waals surface area contributed by atoms with Gasteiger partial charge in [-0.3, -0.25) is 9.78 Å². The topological polar surface area (TPSA) is 70.1 Å². The molecule has 2 aliphatic heterocycles. The molecule has 1 aromatic rings. The van der Waals surface area contributed by atoms with Crippen LogP contribution in [0.15, 0.2) is 23.2 Å². The van der Waals surface area contributed by atoms with E-state index in [1.165, 1.54) is 0 Å². The van der Waals surface area contributed by atoms with E-state index in [2.05, 4.69) is 22.1 Å². The van der Waals surface area contributed by atoms with E-state index in [9.17, 15) is 4.79 Å². The van der Waals surface area contributed by atoms with Crippen molar-refractivity contribution in [2.24, 2.45) is 4.99 Å². The molecule has 3 rings (SSSR count). The molecule has 0 saturated carbocycles. The molecule has 3 heterocycles. The van der Waals surface area contributed by atoms with E-state index < -0.39 is 0 Å². The summed E-state index contributed by atoms with van der Waals surface area (Å²) in [6, 6.07) is 6.00. The standard InChI is InChI=1S/C19H29N5O2/c1-3-20-19(21-14-16-7-4-6-15(2)22-16)24-11-9-23(10-12-24)18(25)17-8-5-13-26-17/h4,6-7,17H,3,5,8-14H2,1-2H3,(H,20,21).